The first kappa shape index (κ1) is 16.9. The van der Waals surface area contributed by atoms with E-state index in [2.05, 4.69) is 76.8 Å². The molecular formula is C21H27N5. The lowest BCUT2D eigenvalue weighted by atomic mass is 9.96. The molecule has 0 amide bonds. The number of rotatable bonds is 4. The van der Waals surface area contributed by atoms with E-state index in [4.69, 9.17) is 0 Å². The number of pyridine rings is 1. The topological polar surface area (TPSA) is 43.4 Å². The minimum Gasteiger partial charge on any atom is -0.365 e. The summed E-state index contributed by atoms with van der Waals surface area (Å²) in [6.45, 7) is 5.10. The molecule has 136 valence electrons. The van der Waals surface area contributed by atoms with Crippen LogP contribution in [0.3, 0.4) is 0 Å². The first-order valence-electron chi connectivity index (χ1n) is 9.39. The highest BCUT2D eigenvalue weighted by molar-refractivity contribution is 5.79. The average Bonchev–Trinajstić information content (AvgIpc) is 3.08. The van der Waals surface area contributed by atoms with Gasteiger partial charge in [-0.3, -0.25) is 0 Å². The number of hydrogen-bond acceptors (Lipinski definition) is 5. The average molecular weight is 349 g/mol. The van der Waals surface area contributed by atoms with Crippen LogP contribution in [0, 0.1) is 0 Å². The Balaban J connectivity index is 1.66. The van der Waals surface area contributed by atoms with Gasteiger partial charge in [0.05, 0.1) is 24.2 Å². The summed E-state index contributed by atoms with van der Waals surface area (Å²) in [4.78, 5) is 9.08. The first-order valence-corrected chi connectivity index (χ1v) is 9.39. The number of benzene rings is 1. The Kier molecular flexibility index (Phi) is 4.55. The zero-order valence-electron chi connectivity index (χ0n) is 15.8. The lowest BCUT2D eigenvalue weighted by molar-refractivity contribution is 0.738. The van der Waals surface area contributed by atoms with Crippen molar-refractivity contribution in [2.45, 2.75) is 19.8 Å². The van der Waals surface area contributed by atoms with Crippen molar-refractivity contribution < 1.29 is 0 Å². The van der Waals surface area contributed by atoms with Gasteiger partial charge in [0.25, 0.3) is 0 Å². The normalized spacial score (nSPS) is 16.1. The van der Waals surface area contributed by atoms with Gasteiger partial charge in [0.1, 0.15) is 5.82 Å². The smallest absolute Gasteiger partial charge is 0.134 e. The summed E-state index contributed by atoms with van der Waals surface area (Å²) < 4.78 is 0. The quantitative estimate of drug-likeness (QED) is 0.883. The van der Waals surface area contributed by atoms with E-state index in [9.17, 15) is 0 Å². The standard InChI is InChI=1S/C21H27N5/c1-4-15-11-17(16-7-9-22-10-8-16)5-6-19(15)26(3)21-12-20-18(13-23-21)24-14-25(20)2/h5-7,11-13,22,24H,4,8-10,14H2,1-3H3. The minimum absolute atomic E-state index is 0.836. The van der Waals surface area contributed by atoms with Gasteiger partial charge >= 0.3 is 0 Å². The number of nitrogens with zero attached hydrogens (tertiary/aromatic N) is 3. The fourth-order valence-electron chi connectivity index (χ4n) is 3.76. The molecule has 0 fully saturated rings. The molecule has 26 heavy (non-hydrogen) atoms. The van der Waals surface area contributed by atoms with Gasteiger partial charge in [-0.15, -0.1) is 0 Å². The largest absolute Gasteiger partial charge is 0.365 e. The molecule has 0 unspecified atom stereocenters. The van der Waals surface area contributed by atoms with Crippen LogP contribution < -0.4 is 20.4 Å². The van der Waals surface area contributed by atoms with Gasteiger partial charge in [0, 0.05) is 32.4 Å². The van der Waals surface area contributed by atoms with Gasteiger partial charge in [0.15, 0.2) is 0 Å². The molecule has 2 aromatic rings. The molecule has 5 nitrogen and oxygen atoms in total. The second-order valence-corrected chi connectivity index (χ2v) is 7.03. The number of aromatic nitrogens is 1. The van der Waals surface area contributed by atoms with E-state index in [-0.39, 0.29) is 0 Å². The van der Waals surface area contributed by atoms with Crippen LogP contribution in [0.2, 0.25) is 0 Å². The van der Waals surface area contributed by atoms with E-state index in [1.165, 1.54) is 28.1 Å². The summed E-state index contributed by atoms with van der Waals surface area (Å²) >= 11 is 0. The van der Waals surface area contributed by atoms with Crippen molar-refractivity contribution in [3.8, 4) is 0 Å². The molecule has 4 rings (SSSR count). The molecule has 1 aromatic heterocycles. The van der Waals surface area contributed by atoms with Gasteiger partial charge in [-0.1, -0.05) is 19.1 Å². The van der Waals surface area contributed by atoms with Crippen molar-refractivity contribution in [1.29, 1.82) is 0 Å². The third-order valence-corrected chi connectivity index (χ3v) is 5.39. The van der Waals surface area contributed by atoms with Crippen LogP contribution in [-0.4, -0.2) is 38.8 Å². The second-order valence-electron chi connectivity index (χ2n) is 7.03. The van der Waals surface area contributed by atoms with Gasteiger partial charge in [0.2, 0.25) is 0 Å². The summed E-state index contributed by atoms with van der Waals surface area (Å²) in [6, 6.07) is 9.01. The molecular weight excluding hydrogens is 322 g/mol. The molecule has 0 saturated heterocycles. The van der Waals surface area contributed by atoms with E-state index in [0.29, 0.717) is 0 Å². The fraction of sp³-hybridized carbons (Fsp3) is 0.381. The lowest BCUT2D eigenvalue weighted by Gasteiger charge is -2.24. The van der Waals surface area contributed by atoms with Gasteiger partial charge in [-0.2, -0.15) is 0 Å². The highest BCUT2D eigenvalue weighted by atomic mass is 15.3. The summed E-state index contributed by atoms with van der Waals surface area (Å²) in [5.41, 5.74) is 7.71. The number of hydrogen-bond donors (Lipinski definition) is 2. The number of aryl methyl sites for hydroxylation is 1. The molecule has 0 aliphatic carbocycles. The lowest BCUT2D eigenvalue weighted by Crippen LogP contribution is -2.20. The zero-order valence-corrected chi connectivity index (χ0v) is 15.8. The summed E-state index contributed by atoms with van der Waals surface area (Å²) in [6.07, 6.45) is 6.35. The van der Waals surface area contributed by atoms with Gasteiger partial charge in [-0.05, 0) is 48.2 Å². The zero-order chi connectivity index (χ0) is 18.1. The molecule has 0 atom stereocenters. The third kappa shape index (κ3) is 3.03. The molecule has 2 aliphatic heterocycles. The molecule has 0 spiro atoms. The molecule has 5 heteroatoms. The van der Waals surface area contributed by atoms with Crippen molar-refractivity contribution in [2.75, 3.05) is 49.0 Å². The van der Waals surface area contributed by atoms with Crippen molar-refractivity contribution in [2.24, 2.45) is 0 Å². The van der Waals surface area contributed by atoms with Crippen LogP contribution in [-0.2, 0) is 6.42 Å². The Hall–Kier alpha value is -2.53. The molecule has 1 aromatic carbocycles. The Bertz CT molecular complexity index is 842. The van der Waals surface area contributed by atoms with E-state index in [1.807, 2.05) is 6.20 Å². The summed E-state index contributed by atoms with van der Waals surface area (Å²) in [7, 11) is 4.21. The van der Waals surface area contributed by atoms with E-state index in [1.54, 1.807) is 0 Å². The monoisotopic (exact) mass is 349 g/mol. The Morgan fingerprint density at radius 2 is 2.15 bits per heavy atom. The highest BCUT2D eigenvalue weighted by Gasteiger charge is 2.19. The van der Waals surface area contributed by atoms with Crippen LogP contribution in [0.1, 0.15) is 24.5 Å². The van der Waals surface area contributed by atoms with Crippen molar-refractivity contribution in [3.63, 3.8) is 0 Å². The maximum absolute atomic E-state index is 4.67. The van der Waals surface area contributed by atoms with Crippen LogP contribution in [0.25, 0.3) is 5.57 Å². The van der Waals surface area contributed by atoms with Gasteiger partial charge < -0.3 is 20.4 Å². The number of anilines is 4. The first-order chi connectivity index (χ1) is 12.7. The van der Waals surface area contributed by atoms with Crippen LogP contribution in [0.4, 0.5) is 22.9 Å². The SMILES string of the molecule is CCc1cc(C2=CCNCC2)ccc1N(C)c1cc2c(cn1)NCN2C. The van der Waals surface area contributed by atoms with Crippen molar-refractivity contribution in [3.05, 3.63) is 47.7 Å². The Morgan fingerprint density at radius 3 is 2.92 bits per heavy atom. The maximum atomic E-state index is 4.67. The van der Waals surface area contributed by atoms with Crippen LogP contribution in [0.5, 0.6) is 0 Å². The fourth-order valence-corrected chi connectivity index (χ4v) is 3.76. The van der Waals surface area contributed by atoms with Crippen molar-refractivity contribution in [1.82, 2.24) is 10.3 Å². The van der Waals surface area contributed by atoms with E-state index < -0.39 is 0 Å². The predicted octanol–water partition coefficient (Wildman–Crippen LogP) is 3.61. The second kappa shape index (κ2) is 7.00. The molecule has 0 saturated carbocycles. The summed E-state index contributed by atoms with van der Waals surface area (Å²) in [5, 5.41) is 6.74. The molecule has 0 radical (unpaired) electrons. The maximum Gasteiger partial charge on any atom is 0.134 e. The third-order valence-electron chi connectivity index (χ3n) is 5.39. The molecule has 0 bridgehead atoms. The number of fused-ring (bicyclic) bond motifs is 1. The predicted molar refractivity (Wildman–Crippen MR) is 110 cm³/mol. The molecule has 2 aliphatic rings. The van der Waals surface area contributed by atoms with E-state index >= 15 is 0 Å². The molecule has 3 heterocycles. The number of nitrogens with one attached hydrogen (secondary N) is 2. The van der Waals surface area contributed by atoms with Crippen LogP contribution in [0.15, 0.2) is 36.5 Å². The highest BCUT2D eigenvalue weighted by Crippen LogP contribution is 2.35. The Morgan fingerprint density at radius 1 is 1.27 bits per heavy atom. The molecule has 2 N–H and O–H groups in total. The minimum atomic E-state index is 0.836. The van der Waals surface area contributed by atoms with Crippen molar-refractivity contribution >= 4 is 28.5 Å². The Labute approximate surface area is 155 Å². The van der Waals surface area contributed by atoms with Crippen LogP contribution >= 0.6 is 0 Å². The van der Waals surface area contributed by atoms with Gasteiger partial charge in [-0.25, -0.2) is 4.98 Å². The van der Waals surface area contributed by atoms with E-state index in [0.717, 1.165) is 44.1 Å². The summed E-state index contributed by atoms with van der Waals surface area (Å²) in [5.74, 6) is 0.975.